The minimum absolute atomic E-state index is 0.0189. The van der Waals surface area contributed by atoms with Crippen molar-refractivity contribution in [2.75, 3.05) is 0 Å². The second kappa shape index (κ2) is 8.27. The maximum Gasteiger partial charge on any atom is 0.387 e. The smallest absolute Gasteiger partial charge is 0.387 e. The average molecular weight is 383 g/mol. The normalized spacial score (nSPS) is 11.6. The summed E-state index contributed by atoms with van der Waals surface area (Å²) in [5, 5.41) is 1.93. The number of hydrogen-bond donors (Lipinski definition) is 1. The number of halogens is 2. The molecule has 2 rings (SSSR count). The molecule has 0 unspecified atom stereocenters. The SMILES string of the molecule is CC(C)S(=O)(=O)c1ccccc1C(=O)NCc1cccc(OC(F)F)c1. The summed E-state index contributed by atoms with van der Waals surface area (Å²) in [7, 11) is -3.62. The predicted molar refractivity (Wildman–Crippen MR) is 93.0 cm³/mol. The summed E-state index contributed by atoms with van der Waals surface area (Å²) < 4.78 is 53.7. The summed E-state index contributed by atoms with van der Waals surface area (Å²) in [5.41, 5.74) is 0.585. The third-order valence-electron chi connectivity index (χ3n) is 3.64. The van der Waals surface area contributed by atoms with Gasteiger partial charge in [-0.15, -0.1) is 0 Å². The molecule has 0 radical (unpaired) electrons. The summed E-state index contributed by atoms with van der Waals surface area (Å²) in [6.07, 6.45) is 0. The van der Waals surface area contributed by atoms with Crippen molar-refractivity contribution in [3.63, 3.8) is 0 Å². The standard InChI is InChI=1S/C18H19F2NO4S/c1-12(2)26(23,24)16-9-4-3-8-15(16)17(22)21-11-13-6-5-7-14(10-13)25-18(19)20/h3-10,12,18H,11H2,1-2H3,(H,21,22). The van der Waals surface area contributed by atoms with Crippen LogP contribution in [0, 0.1) is 0 Å². The number of hydrogen-bond acceptors (Lipinski definition) is 4. The molecule has 0 heterocycles. The van der Waals surface area contributed by atoms with Gasteiger partial charge in [-0.05, 0) is 43.7 Å². The zero-order valence-corrected chi connectivity index (χ0v) is 15.1. The number of nitrogens with one attached hydrogen (secondary N) is 1. The van der Waals surface area contributed by atoms with Crippen LogP contribution in [0.1, 0.15) is 29.8 Å². The van der Waals surface area contributed by atoms with Gasteiger partial charge < -0.3 is 10.1 Å². The molecule has 5 nitrogen and oxygen atoms in total. The Kier molecular flexibility index (Phi) is 6.31. The fourth-order valence-corrected chi connectivity index (χ4v) is 3.51. The third-order valence-corrected chi connectivity index (χ3v) is 5.85. The van der Waals surface area contributed by atoms with E-state index in [0.717, 1.165) is 0 Å². The largest absolute Gasteiger partial charge is 0.435 e. The van der Waals surface area contributed by atoms with Gasteiger partial charge in [-0.1, -0.05) is 24.3 Å². The number of amides is 1. The fourth-order valence-electron chi connectivity index (χ4n) is 2.27. The quantitative estimate of drug-likeness (QED) is 0.795. The number of benzene rings is 2. The number of ether oxygens (including phenoxy) is 1. The van der Waals surface area contributed by atoms with E-state index in [2.05, 4.69) is 10.1 Å². The Balaban J connectivity index is 2.17. The van der Waals surface area contributed by atoms with Crippen LogP contribution in [-0.4, -0.2) is 26.2 Å². The summed E-state index contributed by atoms with van der Waals surface area (Å²) in [6, 6.07) is 11.9. The molecule has 0 atom stereocenters. The molecule has 0 saturated heterocycles. The van der Waals surface area contributed by atoms with Crippen molar-refractivity contribution in [1.82, 2.24) is 5.32 Å². The molecule has 0 spiro atoms. The number of sulfone groups is 1. The molecule has 2 aromatic carbocycles. The van der Waals surface area contributed by atoms with E-state index >= 15 is 0 Å². The first-order valence-electron chi connectivity index (χ1n) is 7.86. The molecule has 0 aliphatic rings. The Morgan fingerprint density at radius 2 is 1.81 bits per heavy atom. The van der Waals surface area contributed by atoms with Crippen LogP contribution in [0.5, 0.6) is 5.75 Å². The molecule has 0 fully saturated rings. The van der Waals surface area contributed by atoms with Crippen LogP contribution < -0.4 is 10.1 Å². The Labute approximate surface area is 150 Å². The molecule has 0 aliphatic heterocycles. The maximum absolute atomic E-state index is 12.4. The summed E-state index contributed by atoms with van der Waals surface area (Å²) >= 11 is 0. The van der Waals surface area contributed by atoms with Crippen molar-refractivity contribution in [1.29, 1.82) is 0 Å². The number of rotatable bonds is 7. The van der Waals surface area contributed by atoms with Crippen LogP contribution in [0.3, 0.4) is 0 Å². The summed E-state index contributed by atoms with van der Waals surface area (Å²) in [6.45, 7) is 0.180. The van der Waals surface area contributed by atoms with Gasteiger partial charge in [-0.2, -0.15) is 8.78 Å². The molecule has 0 bridgehead atoms. The molecule has 26 heavy (non-hydrogen) atoms. The van der Waals surface area contributed by atoms with Crippen molar-refractivity contribution in [3.8, 4) is 5.75 Å². The number of carbonyl (C=O) groups excluding carboxylic acids is 1. The molecule has 0 aliphatic carbocycles. The highest BCUT2D eigenvalue weighted by Gasteiger charge is 2.25. The Morgan fingerprint density at radius 3 is 2.46 bits per heavy atom. The highest BCUT2D eigenvalue weighted by atomic mass is 32.2. The lowest BCUT2D eigenvalue weighted by Crippen LogP contribution is -2.26. The van der Waals surface area contributed by atoms with Gasteiger partial charge in [0.1, 0.15) is 5.75 Å². The highest BCUT2D eigenvalue weighted by molar-refractivity contribution is 7.92. The molecule has 0 aromatic heterocycles. The second-order valence-electron chi connectivity index (χ2n) is 5.80. The lowest BCUT2D eigenvalue weighted by atomic mass is 10.2. The molecule has 140 valence electrons. The highest BCUT2D eigenvalue weighted by Crippen LogP contribution is 2.21. The van der Waals surface area contributed by atoms with Crippen LogP contribution in [0.25, 0.3) is 0 Å². The minimum atomic E-state index is -3.62. The summed E-state index contributed by atoms with van der Waals surface area (Å²) in [5.74, 6) is -0.584. The van der Waals surface area contributed by atoms with Gasteiger partial charge in [0.05, 0.1) is 15.7 Å². The minimum Gasteiger partial charge on any atom is -0.435 e. The van der Waals surface area contributed by atoms with E-state index in [1.807, 2.05) is 0 Å². The lowest BCUT2D eigenvalue weighted by molar-refractivity contribution is -0.0498. The number of alkyl halides is 2. The van der Waals surface area contributed by atoms with E-state index in [-0.39, 0.29) is 22.8 Å². The first-order valence-corrected chi connectivity index (χ1v) is 9.41. The van der Waals surface area contributed by atoms with Crippen LogP contribution in [-0.2, 0) is 16.4 Å². The van der Waals surface area contributed by atoms with E-state index in [1.54, 1.807) is 32.0 Å². The van der Waals surface area contributed by atoms with Gasteiger partial charge in [0, 0.05) is 6.54 Å². The van der Waals surface area contributed by atoms with E-state index in [4.69, 9.17) is 0 Å². The fraction of sp³-hybridized carbons (Fsp3) is 0.278. The van der Waals surface area contributed by atoms with Crippen molar-refractivity contribution in [2.45, 2.75) is 37.1 Å². The van der Waals surface area contributed by atoms with Crippen molar-refractivity contribution < 1.29 is 26.7 Å². The molecule has 0 saturated carbocycles. The Morgan fingerprint density at radius 1 is 1.12 bits per heavy atom. The molecule has 2 aromatic rings. The van der Waals surface area contributed by atoms with Crippen LogP contribution in [0.15, 0.2) is 53.4 Å². The van der Waals surface area contributed by atoms with Gasteiger partial charge in [0.15, 0.2) is 9.84 Å². The zero-order chi connectivity index (χ0) is 19.3. The third kappa shape index (κ3) is 4.78. The lowest BCUT2D eigenvalue weighted by Gasteiger charge is -2.13. The topological polar surface area (TPSA) is 72.5 Å². The van der Waals surface area contributed by atoms with Gasteiger partial charge >= 0.3 is 6.61 Å². The van der Waals surface area contributed by atoms with Crippen LogP contribution in [0.2, 0.25) is 0 Å². The van der Waals surface area contributed by atoms with Crippen LogP contribution >= 0.6 is 0 Å². The average Bonchev–Trinajstić information content (AvgIpc) is 2.59. The van der Waals surface area contributed by atoms with Crippen molar-refractivity contribution >= 4 is 15.7 Å². The van der Waals surface area contributed by atoms with Crippen LogP contribution in [0.4, 0.5) is 8.78 Å². The maximum atomic E-state index is 12.4. The molecule has 1 N–H and O–H groups in total. The van der Waals surface area contributed by atoms with Gasteiger partial charge in [-0.25, -0.2) is 8.42 Å². The Hall–Kier alpha value is -2.48. The van der Waals surface area contributed by atoms with E-state index in [1.165, 1.54) is 30.3 Å². The molecular weight excluding hydrogens is 364 g/mol. The van der Waals surface area contributed by atoms with Crippen molar-refractivity contribution in [3.05, 3.63) is 59.7 Å². The first-order chi connectivity index (χ1) is 12.2. The van der Waals surface area contributed by atoms with Gasteiger partial charge in [-0.3, -0.25) is 4.79 Å². The van der Waals surface area contributed by atoms with Crippen molar-refractivity contribution in [2.24, 2.45) is 0 Å². The molecular formula is C18H19F2NO4S. The van der Waals surface area contributed by atoms with E-state index in [0.29, 0.717) is 5.56 Å². The zero-order valence-electron chi connectivity index (χ0n) is 14.3. The molecule has 1 amide bonds. The Bertz CT molecular complexity index is 882. The monoisotopic (exact) mass is 383 g/mol. The number of carbonyl (C=O) groups is 1. The predicted octanol–water partition coefficient (Wildman–Crippen LogP) is 3.40. The van der Waals surface area contributed by atoms with E-state index in [9.17, 15) is 22.0 Å². The second-order valence-corrected chi connectivity index (χ2v) is 8.27. The van der Waals surface area contributed by atoms with Gasteiger partial charge in [0.25, 0.3) is 5.91 Å². The van der Waals surface area contributed by atoms with E-state index < -0.39 is 27.6 Å². The molecule has 8 heteroatoms. The summed E-state index contributed by atoms with van der Waals surface area (Å²) in [4.78, 5) is 12.4. The van der Waals surface area contributed by atoms with Gasteiger partial charge in [0.2, 0.25) is 0 Å². The first kappa shape index (κ1) is 19.8.